The van der Waals surface area contributed by atoms with Gasteiger partial charge in [0.1, 0.15) is 18.3 Å². The second-order valence-electron chi connectivity index (χ2n) is 6.60. The summed E-state index contributed by atoms with van der Waals surface area (Å²) < 4.78 is 17.2. The first-order valence-corrected chi connectivity index (χ1v) is 9.39. The molecule has 2 aromatic carbocycles. The van der Waals surface area contributed by atoms with E-state index in [1.807, 2.05) is 67.6 Å². The normalized spacial score (nSPS) is 15.9. The minimum atomic E-state index is -0.885. The summed E-state index contributed by atoms with van der Waals surface area (Å²) in [6.45, 7) is 3.08. The third kappa shape index (κ3) is 7.05. The Bertz CT molecular complexity index is 623. The molecular weight excluding hydrogens is 342 g/mol. The molecule has 0 aliphatic rings. The van der Waals surface area contributed by atoms with Gasteiger partial charge < -0.3 is 25.1 Å². The fourth-order valence-corrected chi connectivity index (χ4v) is 2.86. The highest BCUT2D eigenvalue weighted by atomic mass is 16.5. The van der Waals surface area contributed by atoms with Crippen LogP contribution in [0.2, 0.25) is 0 Å². The Kier molecular flexibility index (Phi) is 9.45. The van der Waals surface area contributed by atoms with Gasteiger partial charge in [0.25, 0.3) is 0 Å². The first kappa shape index (κ1) is 21.5. The molecule has 0 aromatic heterocycles. The molecule has 27 heavy (non-hydrogen) atoms. The average Bonchev–Trinajstić information content (AvgIpc) is 2.72. The maximum Gasteiger partial charge on any atom is 0.110 e. The SMILES string of the molecule is CC[C@@H](N)C(OCc1ccccc1)C(O)C(COCc1ccccc1)OC. The van der Waals surface area contributed by atoms with Crippen LogP contribution in [0.1, 0.15) is 24.5 Å². The predicted molar refractivity (Wildman–Crippen MR) is 106 cm³/mol. The largest absolute Gasteiger partial charge is 0.388 e. The van der Waals surface area contributed by atoms with Crippen LogP contribution in [0.25, 0.3) is 0 Å². The summed E-state index contributed by atoms with van der Waals surface area (Å²) in [4.78, 5) is 0. The van der Waals surface area contributed by atoms with Crippen LogP contribution in [0.15, 0.2) is 60.7 Å². The van der Waals surface area contributed by atoms with Gasteiger partial charge in [-0.05, 0) is 17.5 Å². The molecule has 0 heterocycles. The lowest BCUT2D eigenvalue weighted by molar-refractivity contribution is -0.133. The van der Waals surface area contributed by atoms with Crippen LogP contribution in [0.3, 0.4) is 0 Å². The van der Waals surface area contributed by atoms with Gasteiger partial charge in [-0.2, -0.15) is 0 Å². The van der Waals surface area contributed by atoms with Gasteiger partial charge in [0, 0.05) is 13.2 Å². The molecule has 5 heteroatoms. The molecule has 4 atom stereocenters. The van der Waals surface area contributed by atoms with Crippen molar-refractivity contribution in [3.8, 4) is 0 Å². The van der Waals surface area contributed by atoms with Crippen LogP contribution in [-0.2, 0) is 27.4 Å². The lowest BCUT2D eigenvalue weighted by Gasteiger charge is -2.32. The van der Waals surface area contributed by atoms with E-state index in [2.05, 4.69) is 0 Å². The summed E-state index contributed by atoms with van der Waals surface area (Å²) in [6, 6.07) is 19.4. The second kappa shape index (κ2) is 11.8. The van der Waals surface area contributed by atoms with E-state index in [9.17, 15) is 5.11 Å². The van der Waals surface area contributed by atoms with Crippen molar-refractivity contribution in [3.63, 3.8) is 0 Å². The summed E-state index contributed by atoms with van der Waals surface area (Å²) >= 11 is 0. The first-order valence-electron chi connectivity index (χ1n) is 9.39. The Labute approximate surface area is 162 Å². The van der Waals surface area contributed by atoms with Gasteiger partial charge in [-0.25, -0.2) is 0 Å². The zero-order chi connectivity index (χ0) is 19.5. The lowest BCUT2D eigenvalue weighted by Crippen LogP contribution is -2.51. The Morgan fingerprint density at radius 1 is 0.926 bits per heavy atom. The third-order valence-corrected chi connectivity index (χ3v) is 4.59. The average molecular weight is 373 g/mol. The molecule has 3 N–H and O–H groups in total. The van der Waals surface area contributed by atoms with Crippen molar-refractivity contribution in [2.75, 3.05) is 13.7 Å². The van der Waals surface area contributed by atoms with E-state index in [0.717, 1.165) is 11.1 Å². The van der Waals surface area contributed by atoms with Crippen molar-refractivity contribution < 1.29 is 19.3 Å². The molecule has 0 fully saturated rings. The molecule has 0 spiro atoms. The van der Waals surface area contributed by atoms with E-state index in [4.69, 9.17) is 19.9 Å². The van der Waals surface area contributed by atoms with Crippen LogP contribution in [0.4, 0.5) is 0 Å². The number of aliphatic hydroxyl groups is 1. The van der Waals surface area contributed by atoms with Crippen molar-refractivity contribution in [3.05, 3.63) is 71.8 Å². The van der Waals surface area contributed by atoms with Crippen molar-refractivity contribution in [1.29, 1.82) is 0 Å². The fraction of sp³-hybridized carbons (Fsp3) is 0.455. The van der Waals surface area contributed by atoms with Crippen molar-refractivity contribution in [1.82, 2.24) is 0 Å². The molecule has 148 valence electrons. The monoisotopic (exact) mass is 373 g/mol. The third-order valence-electron chi connectivity index (χ3n) is 4.59. The highest BCUT2D eigenvalue weighted by Crippen LogP contribution is 2.16. The van der Waals surface area contributed by atoms with E-state index in [-0.39, 0.29) is 12.6 Å². The Morgan fingerprint density at radius 3 is 2.00 bits per heavy atom. The van der Waals surface area contributed by atoms with Crippen molar-refractivity contribution in [2.45, 2.75) is 50.9 Å². The van der Waals surface area contributed by atoms with Crippen molar-refractivity contribution >= 4 is 0 Å². The van der Waals surface area contributed by atoms with Gasteiger partial charge in [0.15, 0.2) is 0 Å². The molecule has 0 aliphatic carbocycles. The Hall–Kier alpha value is -1.76. The zero-order valence-corrected chi connectivity index (χ0v) is 16.2. The van der Waals surface area contributed by atoms with Crippen LogP contribution < -0.4 is 5.73 Å². The number of methoxy groups -OCH3 is 1. The molecule has 3 unspecified atom stereocenters. The minimum Gasteiger partial charge on any atom is -0.388 e. The van der Waals surface area contributed by atoms with E-state index >= 15 is 0 Å². The molecule has 5 nitrogen and oxygen atoms in total. The maximum absolute atomic E-state index is 10.8. The van der Waals surface area contributed by atoms with Gasteiger partial charge >= 0.3 is 0 Å². The lowest BCUT2D eigenvalue weighted by atomic mass is 9.99. The highest BCUT2D eigenvalue weighted by Gasteiger charge is 2.32. The van der Waals surface area contributed by atoms with E-state index in [0.29, 0.717) is 19.6 Å². The summed E-state index contributed by atoms with van der Waals surface area (Å²) in [5, 5.41) is 10.8. The molecule has 0 bridgehead atoms. The molecule has 0 saturated heterocycles. The van der Waals surface area contributed by atoms with Crippen molar-refractivity contribution in [2.24, 2.45) is 5.73 Å². The second-order valence-corrected chi connectivity index (χ2v) is 6.60. The molecule has 0 saturated carbocycles. The number of nitrogens with two attached hydrogens (primary N) is 1. The minimum absolute atomic E-state index is 0.258. The summed E-state index contributed by atoms with van der Waals surface area (Å²) in [6.07, 6.45) is -1.25. The van der Waals surface area contributed by atoms with Crippen LogP contribution in [0.5, 0.6) is 0 Å². The number of aliphatic hydroxyl groups excluding tert-OH is 1. The summed E-state index contributed by atoms with van der Waals surface area (Å²) in [5.41, 5.74) is 8.32. The molecule has 0 radical (unpaired) electrons. The number of hydrogen-bond acceptors (Lipinski definition) is 5. The number of rotatable bonds is 12. The van der Waals surface area contributed by atoms with Gasteiger partial charge in [0.2, 0.25) is 0 Å². The van der Waals surface area contributed by atoms with Gasteiger partial charge in [-0.3, -0.25) is 0 Å². The quantitative estimate of drug-likeness (QED) is 0.598. The highest BCUT2D eigenvalue weighted by molar-refractivity contribution is 5.14. The van der Waals surface area contributed by atoms with E-state index < -0.39 is 18.3 Å². The summed E-state index contributed by atoms with van der Waals surface area (Å²) in [5.74, 6) is 0. The Morgan fingerprint density at radius 2 is 1.48 bits per heavy atom. The van der Waals surface area contributed by atoms with E-state index in [1.54, 1.807) is 7.11 Å². The topological polar surface area (TPSA) is 73.9 Å². The standard InChI is InChI=1S/C22H31NO4/c1-3-19(23)22(27-15-18-12-8-5-9-13-18)21(24)20(25-2)16-26-14-17-10-6-4-7-11-17/h4-13,19-22,24H,3,14-16,23H2,1-2H3/t19-,20?,21?,22?/m1/s1. The predicted octanol–water partition coefficient (Wildman–Crippen LogP) is 2.90. The zero-order valence-electron chi connectivity index (χ0n) is 16.2. The van der Waals surface area contributed by atoms with Crippen LogP contribution >= 0.6 is 0 Å². The van der Waals surface area contributed by atoms with Gasteiger partial charge in [-0.15, -0.1) is 0 Å². The summed E-state index contributed by atoms with van der Waals surface area (Å²) in [7, 11) is 1.56. The van der Waals surface area contributed by atoms with Gasteiger partial charge in [0.05, 0.1) is 19.8 Å². The molecule has 0 amide bonds. The number of benzene rings is 2. The number of ether oxygens (including phenoxy) is 3. The molecule has 2 aromatic rings. The first-order chi connectivity index (χ1) is 13.2. The molecule has 0 aliphatic heterocycles. The Balaban J connectivity index is 1.92. The molecule has 2 rings (SSSR count). The molecular formula is C22H31NO4. The maximum atomic E-state index is 10.8. The van der Waals surface area contributed by atoms with Crippen LogP contribution in [0, 0.1) is 0 Å². The smallest absolute Gasteiger partial charge is 0.110 e. The van der Waals surface area contributed by atoms with Gasteiger partial charge in [-0.1, -0.05) is 67.6 Å². The van der Waals surface area contributed by atoms with Crippen LogP contribution in [-0.4, -0.2) is 43.2 Å². The fourth-order valence-electron chi connectivity index (χ4n) is 2.86. The number of hydrogen-bond donors (Lipinski definition) is 2. The van der Waals surface area contributed by atoms with E-state index in [1.165, 1.54) is 0 Å².